The number of rotatable bonds is 9. The lowest BCUT2D eigenvalue weighted by atomic mass is 9.87. The molecule has 1 unspecified atom stereocenters. The molecule has 4 nitrogen and oxygen atoms in total. The first-order chi connectivity index (χ1) is 13.6. The quantitative estimate of drug-likeness (QED) is 0.551. The van der Waals surface area contributed by atoms with Gasteiger partial charge in [0.2, 0.25) is 5.91 Å². The van der Waals surface area contributed by atoms with E-state index in [0.717, 1.165) is 13.0 Å². The molecule has 4 heteroatoms. The number of methoxy groups -OCH3 is 1. The van der Waals surface area contributed by atoms with Crippen molar-refractivity contribution >= 4 is 16.8 Å². The number of carbonyl (C=O) groups is 1. The van der Waals surface area contributed by atoms with Crippen LogP contribution in [0.25, 0.3) is 10.9 Å². The van der Waals surface area contributed by atoms with Crippen LogP contribution in [0.4, 0.5) is 0 Å². The number of hydrogen-bond acceptors (Lipinski definition) is 2. The molecule has 2 aromatic carbocycles. The van der Waals surface area contributed by atoms with Crippen LogP contribution in [0, 0.1) is 6.92 Å². The van der Waals surface area contributed by atoms with E-state index in [2.05, 4.69) is 78.5 Å². The molecule has 28 heavy (non-hydrogen) atoms. The van der Waals surface area contributed by atoms with Crippen molar-refractivity contribution in [2.75, 3.05) is 20.3 Å². The number of aryl methyl sites for hydroxylation is 2. The van der Waals surface area contributed by atoms with E-state index in [4.69, 9.17) is 4.74 Å². The van der Waals surface area contributed by atoms with E-state index in [9.17, 15) is 4.79 Å². The highest BCUT2D eigenvalue weighted by Gasteiger charge is 2.22. The summed E-state index contributed by atoms with van der Waals surface area (Å²) in [7, 11) is 1.68. The van der Waals surface area contributed by atoms with Gasteiger partial charge in [-0.3, -0.25) is 4.79 Å². The van der Waals surface area contributed by atoms with Crippen LogP contribution in [0.2, 0.25) is 0 Å². The molecule has 1 N–H and O–H groups in total. The molecule has 148 valence electrons. The smallest absolute Gasteiger partial charge is 0.220 e. The van der Waals surface area contributed by atoms with Gasteiger partial charge in [-0.25, -0.2) is 0 Å². The summed E-state index contributed by atoms with van der Waals surface area (Å²) >= 11 is 0. The topological polar surface area (TPSA) is 43.3 Å². The van der Waals surface area contributed by atoms with Crippen LogP contribution in [0.3, 0.4) is 0 Å². The van der Waals surface area contributed by atoms with Crippen molar-refractivity contribution in [3.05, 3.63) is 71.4 Å². The zero-order chi connectivity index (χ0) is 19.9. The number of benzene rings is 2. The summed E-state index contributed by atoms with van der Waals surface area (Å²) in [4.78, 5) is 12.7. The van der Waals surface area contributed by atoms with Crippen molar-refractivity contribution in [2.45, 2.75) is 39.2 Å². The standard InChI is InChI=1S/C24H30N2O2/c1-4-26-17-22(20-11-5-6-12-23(20)26)21(19-10-7-9-18(2)15-19)16-24(27)25-13-8-14-28-3/h5-7,9-12,15,17,21H,4,8,13-14,16H2,1-3H3,(H,25,27). The molecule has 3 aromatic rings. The summed E-state index contributed by atoms with van der Waals surface area (Å²) in [5.74, 6) is 0.107. The van der Waals surface area contributed by atoms with E-state index in [0.29, 0.717) is 19.6 Å². The number of carbonyl (C=O) groups excluding carboxylic acids is 1. The first-order valence-electron chi connectivity index (χ1n) is 10.0. The van der Waals surface area contributed by atoms with Crippen LogP contribution < -0.4 is 5.32 Å². The van der Waals surface area contributed by atoms with Crippen molar-refractivity contribution in [1.82, 2.24) is 9.88 Å². The lowest BCUT2D eigenvalue weighted by Crippen LogP contribution is -2.27. The third kappa shape index (κ3) is 4.63. The summed E-state index contributed by atoms with van der Waals surface area (Å²) in [5.41, 5.74) is 4.83. The molecular weight excluding hydrogens is 348 g/mol. The highest BCUT2D eigenvalue weighted by Crippen LogP contribution is 2.35. The molecule has 1 heterocycles. The minimum atomic E-state index is 0.0278. The fourth-order valence-electron chi connectivity index (χ4n) is 3.81. The molecule has 0 spiro atoms. The maximum Gasteiger partial charge on any atom is 0.220 e. The van der Waals surface area contributed by atoms with E-state index < -0.39 is 0 Å². The Kier molecular flexibility index (Phi) is 6.88. The molecule has 0 fully saturated rings. The number of amides is 1. The lowest BCUT2D eigenvalue weighted by molar-refractivity contribution is -0.121. The zero-order valence-electron chi connectivity index (χ0n) is 17.1. The second kappa shape index (κ2) is 9.56. The van der Waals surface area contributed by atoms with Crippen molar-refractivity contribution in [2.24, 2.45) is 0 Å². The van der Waals surface area contributed by atoms with Crippen molar-refractivity contribution < 1.29 is 9.53 Å². The minimum Gasteiger partial charge on any atom is -0.385 e. The number of nitrogens with zero attached hydrogens (tertiary/aromatic N) is 1. The highest BCUT2D eigenvalue weighted by molar-refractivity contribution is 5.86. The summed E-state index contributed by atoms with van der Waals surface area (Å²) in [6.07, 6.45) is 3.48. The number of fused-ring (bicyclic) bond motifs is 1. The van der Waals surface area contributed by atoms with Crippen LogP contribution in [-0.2, 0) is 16.1 Å². The Morgan fingerprint density at radius 1 is 1.18 bits per heavy atom. The molecule has 1 atom stereocenters. The molecule has 0 aliphatic rings. The maximum atomic E-state index is 12.7. The van der Waals surface area contributed by atoms with E-state index in [1.165, 1.54) is 27.6 Å². The number of nitrogens with one attached hydrogen (secondary N) is 1. The Hall–Kier alpha value is -2.59. The maximum absolute atomic E-state index is 12.7. The Labute approximate surface area is 167 Å². The van der Waals surface area contributed by atoms with Gasteiger partial charge in [-0.2, -0.15) is 0 Å². The third-order valence-corrected chi connectivity index (χ3v) is 5.22. The summed E-state index contributed by atoms with van der Waals surface area (Å²) in [6, 6.07) is 17.0. The van der Waals surface area contributed by atoms with Gasteiger partial charge in [0.25, 0.3) is 0 Å². The van der Waals surface area contributed by atoms with Crippen LogP contribution >= 0.6 is 0 Å². The first kappa shape index (κ1) is 20.2. The van der Waals surface area contributed by atoms with Gasteiger partial charge >= 0.3 is 0 Å². The van der Waals surface area contributed by atoms with Gasteiger partial charge in [0.15, 0.2) is 0 Å². The third-order valence-electron chi connectivity index (χ3n) is 5.22. The monoisotopic (exact) mass is 378 g/mol. The fourth-order valence-corrected chi connectivity index (χ4v) is 3.81. The van der Waals surface area contributed by atoms with Gasteiger partial charge in [-0.15, -0.1) is 0 Å². The lowest BCUT2D eigenvalue weighted by Gasteiger charge is -2.18. The van der Waals surface area contributed by atoms with Crippen molar-refractivity contribution in [1.29, 1.82) is 0 Å². The Bertz CT molecular complexity index is 929. The van der Waals surface area contributed by atoms with Crippen LogP contribution in [-0.4, -0.2) is 30.7 Å². The Morgan fingerprint density at radius 3 is 2.75 bits per heavy atom. The normalized spacial score (nSPS) is 12.2. The van der Waals surface area contributed by atoms with Gasteiger partial charge in [0.05, 0.1) is 0 Å². The van der Waals surface area contributed by atoms with Gasteiger partial charge in [-0.05, 0) is 37.5 Å². The minimum absolute atomic E-state index is 0.0278. The largest absolute Gasteiger partial charge is 0.385 e. The van der Waals surface area contributed by atoms with Crippen LogP contribution in [0.5, 0.6) is 0 Å². The predicted molar refractivity (Wildman–Crippen MR) is 115 cm³/mol. The number of aromatic nitrogens is 1. The summed E-state index contributed by atoms with van der Waals surface area (Å²) < 4.78 is 7.33. The molecule has 0 aliphatic carbocycles. The van der Waals surface area contributed by atoms with Crippen molar-refractivity contribution in [3.8, 4) is 0 Å². The van der Waals surface area contributed by atoms with E-state index in [1.54, 1.807) is 7.11 Å². The average Bonchev–Trinajstić information content (AvgIpc) is 3.08. The van der Waals surface area contributed by atoms with Gasteiger partial charge in [-0.1, -0.05) is 48.0 Å². The molecule has 3 rings (SSSR count). The number of ether oxygens (including phenoxy) is 1. The predicted octanol–water partition coefficient (Wildman–Crippen LogP) is 4.64. The van der Waals surface area contributed by atoms with Crippen LogP contribution in [0.1, 0.15) is 42.4 Å². The fraction of sp³-hybridized carbons (Fsp3) is 0.375. The summed E-state index contributed by atoms with van der Waals surface area (Å²) in [6.45, 7) is 6.46. The van der Waals surface area contributed by atoms with E-state index >= 15 is 0 Å². The molecular formula is C24H30N2O2. The zero-order valence-corrected chi connectivity index (χ0v) is 17.1. The second-order valence-electron chi connectivity index (χ2n) is 7.25. The molecule has 0 aliphatic heterocycles. The van der Waals surface area contributed by atoms with Crippen molar-refractivity contribution in [3.63, 3.8) is 0 Å². The average molecular weight is 379 g/mol. The molecule has 0 bridgehead atoms. The van der Waals surface area contributed by atoms with E-state index in [-0.39, 0.29) is 11.8 Å². The molecule has 0 radical (unpaired) electrons. The second-order valence-corrected chi connectivity index (χ2v) is 7.25. The molecule has 1 amide bonds. The van der Waals surface area contributed by atoms with Gasteiger partial charge in [0.1, 0.15) is 0 Å². The van der Waals surface area contributed by atoms with Gasteiger partial charge in [0, 0.05) is 56.2 Å². The highest BCUT2D eigenvalue weighted by atomic mass is 16.5. The molecule has 1 aromatic heterocycles. The summed E-state index contributed by atoms with van der Waals surface area (Å²) in [5, 5.41) is 4.27. The number of hydrogen-bond donors (Lipinski definition) is 1. The van der Waals surface area contributed by atoms with E-state index in [1.807, 2.05) is 0 Å². The first-order valence-corrected chi connectivity index (χ1v) is 10.0. The molecule has 0 saturated carbocycles. The Morgan fingerprint density at radius 2 is 2.00 bits per heavy atom. The SMILES string of the molecule is CCn1cc(C(CC(=O)NCCCOC)c2cccc(C)c2)c2ccccc21. The number of para-hydroxylation sites is 1. The Balaban J connectivity index is 1.94. The van der Waals surface area contributed by atoms with Crippen LogP contribution in [0.15, 0.2) is 54.7 Å². The van der Waals surface area contributed by atoms with Gasteiger partial charge < -0.3 is 14.6 Å². The molecule has 0 saturated heterocycles.